The molecular weight excluding hydrogens is 198 g/mol. The van der Waals surface area contributed by atoms with Gasteiger partial charge in [0, 0.05) is 5.02 Å². The maximum Gasteiger partial charge on any atom is 0.387 e. The summed E-state index contributed by atoms with van der Waals surface area (Å²) < 4.78 is 28.1. The second-order valence-corrected chi connectivity index (χ2v) is 2.92. The summed E-state index contributed by atoms with van der Waals surface area (Å²) in [7, 11) is 0. The number of alkyl halides is 2. The summed E-state index contributed by atoms with van der Waals surface area (Å²) in [6, 6.07) is 4.60. The molecule has 0 saturated carbocycles. The minimum absolute atomic E-state index is 0.196. The van der Waals surface area contributed by atoms with Crippen LogP contribution in [0.3, 0.4) is 0 Å². The van der Waals surface area contributed by atoms with Crippen LogP contribution in [0.2, 0.25) is 5.02 Å². The number of hydrogen-bond acceptors (Lipinski definition) is 1. The second-order valence-electron chi connectivity index (χ2n) is 2.48. The van der Waals surface area contributed by atoms with Crippen molar-refractivity contribution in [1.29, 1.82) is 0 Å². The van der Waals surface area contributed by atoms with Crippen LogP contribution in [0.1, 0.15) is 12.5 Å². The van der Waals surface area contributed by atoms with Gasteiger partial charge < -0.3 is 4.74 Å². The van der Waals surface area contributed by atoms with E-state index in [4.69, 9.17) is 11.6 Å². The Morgan fingerprint density at radius 2 is 2.15 bits per heavy atom. The van der Waals surface area contributed by atoms with Crippen LogP contribution in [0, 0.1) is 0 Å². The van der Waals surface area contributed by atoms with Gasteiger partial charge in [0.1, 0.15) is 5.75 Å². The smallest absolute Gasteiger partial charge is 0.387 e. The van der Waals surface area contributed by atoms with Gasteiger partial charge in [-0.1, -0.05) is 18.5 Å². The van der Waals surface area contributed by atoms with Gasteiger partial charge in [0.05, 0.1) is 0 Å². The van der Waals surface area contributed by atoms with Gasteiger partial charge in [-0.15, -0.1) is 0 Å². The third-order valence-electron chi connectivity index (χ3n) is 1.62. The average Bonchev–Trinajstić information content (AvgIpc) is 2.07. The maximum absolute atomic E-state index is 11.9. The lowest BCUT2D eigenvalue weighted by Crippen LogP contribution is -2.03. The predicted molar refractivity (Wildman–Crippen MR) is 47.5 cm³/mol. The molecule has 13 heavy (non-hydrogen) atoms. The first-order chi connectivity index (χ1) is 6.13. The number of benzene rings is 1. The Labute approximate surface area is 80.3 Å². The van der Waals surface area contributed by atoms with Crippen LogP contribution < -0.4 is 4.74 Å². The number of ether oxygens (including phenoxy) is 1. The highest BCUT2D eigenvalue weighted by Gasteiger charge is 2.08. The largest absolute Gasteiger partial charge is 0.435 e. The molecule has 0 N–H and O–H groups in total. The zero-order valence-corrected chi connectivity index (χ0v) is 7.81. The van der Waals surface area contributed by atoms with E-state index in [1.165, 1.54) is 12.1 Å². The highest BCUT2D eigenvalue weighted by Crippen LogP contribution is 2.24. The van der Waals surface area contributed by atoms with Gasteiger partial charge in [-0.25, -0.2) is 0 Å². The van der Waals surface area contributed by atoms with Crippen molar-refractivity contribution < 1.29 is 13.5 Å². The Hall–Kier alpha value is -0.830. The van der Waals surface area contributed by atoms with Crippen LogP contribution in [-0.4, -0.2) is 6.61 Å². The van der Waals surface area contributed by atoms with Crippen molar-refractivity contribution in [3.8, 4) is 5.75 Å². The molecule has 0 aromatic heterocycles. The van der Waals surface area contributed by atoms with Crippen LogP contribution in [-0.2, 0) is 6.42 Å². The van der Waals surface area contributed by atoms with Crippen molar-refractivity contribution in [3.05, 3.63) is 28.8 Å². The molecule has 1 aromatic carbocycles. The molecule has 0 fully saturated rings. The Balaban J connectivity index is 2.92. The van der Waals surface area contributed by atoms with Gasteiger partial charge in [-0.05, 0) is 30.2 Å². The first kappa shape index (κ1) is 10.3. The standard InChI is InChI=1S/C9H9ClF2O/c1-2-6-5-7(10)3-4-8(6)13-9(11)12/h3-5,9H,2H2,1H3. The normalized spacial score (nSPS) is 10.5. The summed E-state index contributed by atoms with van der Waals surface area (Å²) in [5.74, 6) is 0.196. The number of rotatable bonds is 3. The quantitative estimate of drug-likeness (QED) is 0.736. The zero-order chi connectivity index (χ0) is 9.84. The molecule has 0 aliphatic heterocycles. The molecule has 0 saturated heterocycles. The van der Waals surface area contributed by atoms with E-state index >= 15 is 0 Å². The molecule has 0 bridgehead atoms. The number of halogens is 3. The van der Waals surface area contributed by atoms with Crippen molar-refractivity contribution in [2.45, 2.75) is 20.0 Å². The fourth-order valence-electron chi connectivity index (χ4n) is 1.04. The van der Waals surface area contributed by atoms with Crippen molar-refractivity contribution in [3.63, 3.8) is 0 Å². The van der Waals surface area contributed by atoms with E-state index < -0.39 is 6.61 Å². The molecule has 0 unspecified atom stereocenters. The topological polar surface area (TPSA) is 9.23 Å². The summed E-state index contributed by atoms with van der Waals surface area (Å²) in [6.07, 6.45) is 0.614. The van der Waals surface area contributed by atoms with E-state index in [-0.39, 0.29) is 5.75 Å². The van der Waals surface area contributed by atoms with Gasteiger partial charge >= 0.3 is 6.61 Å². The molecule has 72 valence electrons. The molecule has 1 aromatic rings. The highest BCUT2D eigenvalue weighted by atomic mass is 35.5. The molecule has 1 rings (SSSR count). The lowest BCUT2D eigenvalue weighted by molar-refractivity contribution is -0.0504. The van der Waals surface area contributed by atoms with Crippen LogP contribution >= 0.6 is 11.6 Å². The molecule has 4 heteroatoms. The number of aryl methyl sites for hydroxylation is 1. The molecule has 0 aliphatic carbocycles. The monoisotopic (exact) mass is 206 g/mol. The van der Waals surface area contributed by atoms with E-state index in [2.05, 4.69) is 4.74 Å². The molecule has 0 heterocycles. The Kier molecular flexibility index (Phi) is 3.48. The fraction of sp³-hybridized carbons (Fsp3) is 0.333. The van der Waals surface area contributed by atoms with E-state index in [9.17, 15) is 8.78 Å². The lowest BCUT2D eigenvalue weighted by Gasteiger charge is -2.08. The minimum Gasteiger partial charge on any atom is -0.435 e. The average molecular weight is 207 g/mol. The lowest BCUT2D eigenvalue weighted by atomic mass is 10.1. The van der Waals surface area contributed by atoms with E-state index in [0.29, 0.717) is 17.0 Å². The van der Waals surface area contributed by atoms with Crippen molar-refractivity contribution >= 4 is 11.6 Å². The van der Waals surface area contributed by atoms with Crippen LogP contribution in [0.4, 0.5) is 8.78 Å². The van der Waals surface area contributed by atoms with Gasteiger partial charge in [0.2, 0.25) is 0 Å². The van der Waals surface area contributed by atoms with Gasteiger partial charge in [-0.3, -0.25) is 0 Å². The summed E-state index contributed by atoms with van der Waals surface area (Å²) in [5.41, 5.74) is 0.688. The third kappa shape index (κ3) is 2.84. The summed E-state index contributed by atoms with van der Waals surface area (Å²) >= 11 is 5.69. The van der Waals surface area contributed by atoms with Crippen LogP contribution in [0.15, 0.2) is 18.2 Å². The van der Waals surface area contributed by atoms with E-state index in [1.807, 2.05) is 6.92 Å². The third-order valence-corrected chi connectivity index (χ3v) is 1.85. The summed E-state index contributed by atoms with van der Waals surface area (Å²) in [4.78, 5) is 0. The maximum atomic E-state index is 11.9. The molecular formula is C9H9ClF2O. The van der Waals surface area contributed by atoms with E-state index in [0.717, 1.165) is 0 Å². The molecule has 0 aliphatic rings. The summed E-state index contributed by atoms with van der Waals surface area (Å²) in [5, 5.41) is 0.526. The van der Waals surface area contributed by atoms with Crippen molar-refractivity contribution in [2.24, 2.45) is 0 Å². The predicted octanol–water partition coefficient (Wildman–Crippen LogP) is 3.50. The minimum atomic E-state index is -2.79. The first-order valence-electron chi connectivity index (χ1n) is 3.86. The highest BCUT2D eigenvalue weighted by molar-refractivity contribution is 6.30. The second kappa shape index (κ2) is 4.42. The Morgan fingerprint density at radius 3 is 2.69 bits per heavy atom. The number of hydrogen-bond donors (Lipinski definition) is 0. The van der Waals surface area contributed by atoms with Crippen LogP contribution in [0.5, 0.6) is 5.75 Å². The fourth-order valence-corrected chi connectivity index (χ4v) is 1.23. The van der Waals surface area contributed by atoms with Crippen molar-refractivity contribution in [1.82, 2.24) is 0 Å². The molecule has 1 nitrogen and oxygen atoms in total. The van der Waals surface area contributed by atoms with Gasteiger partial charge in [-0.2, -0.15) is 8.78 Å². The van der Waals surface area contributed by atoms with Crippen LogP contribution in [0.25, 0.3) is 0 Å². The SMILES string of the molecule is CCc1cc(Cl)ccc1OC(F)F. The zero-order valence-electron chi connectivity index (χ0n) is 7.06. The van der Waals surface area contributed by atoms with Crippen molar-refractivity contribution in [2.75, 3.05) is 0 Å². The summed E-state index contributed by atoms with van der Waals surface area (Å²) in [6.45, 7) is -0.934. The Morgan fingerprint density at radius 1 is 1.46 bits per heavy atom. The van der Waals surface area contributed by atoms with Gasteiger partial charge in [0.25, 0.3) is 0 Å². The molecule has 0 atom stereocenters. The Bertz CT molecular complexity index is 289. The first-order valence-corrected chi connectivity index (χ1v) is 4.24. The molecule has 0 radical (unpaired) electrons. The molecule has 0 spiro atoms. The molecule has 0 amide bonds. The van der Waals surface area contributed by atoms with Gasteiger partial charge in [0.15, 0.2) is 0 Å². The van der Waals surface area contributed by atoms with E-state index in [1.54, 1.807) is 6.07 Å².